The maximum absolute atomic E-state index is 12.3. The molecule has 6 nitrogen and oxygen atoms in total. The summed E-state index contributed by atoms with van der Waals surface area (Å²) in [6.45, 7) is 8.75. The number of benzene rings is 1. The molecule has 2 heterocycles. The van der Waals surface area contributed by atoms with Crippen LogP contribution in [-0.4, -0.2) is 34.7 Å². The number of aryl methyl sites for hydroxylation is 1. The maximum Gasteiger partial charge on any atom is 0.410 e. The molecule has 140 valence electrons. The molecule has 1 amide bonds. The third-order valence-corrected chi connectivity index (χ3v) is 4.61. The quantitative estimate of drug-likeness (QED) is 0.815. The van der Waals surface area contributed by atoms with Crippen molar-refractivity contribution < 1.29 is 13.9 Å². The highest BCUT2D eigenvalue weighted by Crippen LogP contribution is 2.28. The molecule has 6 heteroatoms. The molecule has 0 N–H and O–H groups in total. The average Bonchev–Trinajstić information content (AvgIpc) is 2.60. The predicted molar refractivity (Wildman–Crippen MR) is 99.4 cm³/mol. The zero-order chi connectivity index (χ0) is 18.9. The van der Waals surface area contributed by atoms with Gasteiger partial charge < -0.3 is 14.1 Å². The fourth-order valence-corrected chi connectivity index (χ4v) is 3.17. The molecule has 0 saturated carbocycles. The molecule has 0 spiro atoms. The number of ether oxygens (including phenoxy) is 1. The van der Waals surface area contributed by atoms with E-state index in [1.807, 2.05) is 45.9 Å². The Hall–Kier alpha value is -2.37. The van der Waals surface area contributed by atoms with Crippen molar-refractivity contribution in [3.05, 3.63) is 40.1 Å². The van der Waals surface area contributed by atoms with Gasteiger partial charge in [0.25, 0.3) is 0 Å². The van der Waals surface area contributed by atoms with E-state index in [0.717, 1.165) is 12.0 Å². The fraction of sp³-hybridized carbons (Fsp3) is 0.550. The fourth-order valence-electron chi connectivity index (χ4n) is 3.17. The van der Waals surface area contributed by atoms with Crippen LogP contribution in [0.4, 0.5) is 4.79 Å². The van der Waals surface area contributed by atoms with Gasteiger partial charge in [-0.25, -0.2) is 14.6 Å². The monoisotopic (exact) mass is 358 g/mol. The molecule has 0 radical (unpaired) electrons. The Balaban J connectivity index is 1.73. The van der Waals surface area contributed by atoms with Crippen molar-refractivity contribution in [1.29, 1.82) is 0 Å². The molecule has 2 aromatic rings. The SMILES string of the molecule is CCc1ccc2nc(C3CCN(C(=O)OC(C)(C)C)CC3)oc(=O)c2c1. The first kappa shape index (κ1) is 18.4. The van der Waals surface area contributed by atoms with Gasteiger partial charge in [-0.1, -0.05) is 13.0 Å². The molecule has 0 atom stereocenters. The number of hydrogen-bond donors (Lipinski definition) is 0. The third kappa shape index (κ3) is 4.06. The van der Waals surface area contributed by atoms with E-state index in [-0.39, 0.29) is 17.6 Å². The first-order valence-corrected chi connectivity index (χ1v) is 9.18. The third-order valence-electron chi connectivity index (χ3n) is 4.61. The van der Waals surface area contributed by atoms with Gasteiger partial charge in [0.1, 0.15) is 5.60 Å². The summed E-state index contributed by atoms with van der Waals surface area (Å²) < 4.78 is 10.9. The van der Waals surface area contributed by atoms with Crippen molar-refractivity contribution >= 4 is 17.0 Å². The second-order valence-electron chi connectivity index (χ2n) is 7.79. The minimum Gasteiger partial charge on any atom is -0.444 e. The van der Waals surface area contributed by atoms with Crippen LogP contribution in [-0.2, 0) is 11.2 Å². The van der Waals surface area contributed by atoms with E-state index in [2.05, 4.69) is 4.98 Å². The van der Waals surface area contributed by atoms with Crippen LogP contribution in [0.3, 0.4) is 0 Å². The van der Waals surface area contributed by atoms with Gasteiger partial charge in [0.2, 0.25) is 5.89 Å². The van der Waals surface area contributed by atoms with Crippen LogP contribution in [0.25, 0.3) is 10.9 Å². The van der Waals surface area contributed by atoms with Gasteiger partial charge in [-0.05, 0) is 57.7 Å². The van der Waals surface area contributed by atoms with Gasteiger partial charge in [0, 0.05) is 19.0 Å². The van der Waals surface area contributed by atoms with E-state index < -0.39 is 5.60 Å². The van der Waals surface area contributed by atoms with Gasteiger partial charge >= 0.3 is 11.7 Å². The molecule has 0 aliphatic carbocycles. The molecule has 26 heavy (non-hydrogen) atoms. The standard InChI is InChI=1S/C20H26N2O4/c1-5-13-6-7-16-15(12-13)18(23)25-17(21-16)14-8-10-22(11-9-14)19(24)26-20(2,3)4/h6-7,12,14H,5,8-11H2,1-4H3. The molecule has 0 bridgehead atoms. The van der Waals surface area contributed by atoms with Crippen molar-refractivity contribution in [1.82, 2.24) is 9.88 Å². The zero-order valence-electron chi connectivity index (χ0n) is 15.9. The van der Waals surface area contributed by atoms with Crippen molar-refractivity contribution in [2.24, 2.45) is 0 Å². The van der Waals surface area contributed by atoms with Crippen molar-refractivity contribution in [3.8, 4) is 0 Å². The van der Waals surface area contributed by atoms with Crippen molar-refractivity contribution in [2.75, 3.05) is 13.1 Å². The van der Waals surface area contributed by atoms with E-state index >= 15 is 0 Å². The number of amides is 1. The molecular weight excluding hydrogens is 332 g/mol. The maximum atomic E-state index is 12.3. The van der Waals surface area contributed by atoms with Gasteiger partial charge in [0.15, 0.2) is 0 Å². The highest BCUT2D eigenvalue weighted by atomic mass is 16.6. The van der Waals surface area contributed by atoms with Gasteiger partial charge in [-0.2, -0.15) is 0 Å². The van der Waals surface area contributed by atoms with Gasteiger partial charge in [-0.15, -0.1) is 0 Å². The largest absolute Gasteiger partial charge is 0.444 e. The number of fused-ring (bicyclic) bond motifs is 1. The Morgan fingerprint density at radius 1 is 1.31 bits per heavy atom. The summed E-state index contributed by atoms with van der Waals surface area (Å²) in [5.74, 6) is 0.507. The molecule has 1 aromatic heterocycles. The van der Waals surface area contributed by atoms with E-state index in [9.17, 15) is 9.59 Å². The molecule has 1 saturated heterocycles. The van der Waals surface area contributed by atoms with Crippen LogP contribution in [0.2, 0.25) is 0 Å². The predicted octanol–water partition coefficient (Wildman–Crippen LogP) is 3.86. The van der Waals surface area contributed by atoms with Crippen LogP contribution in [0.1, 0.15) is 57.9 Å². The number of piperidine rings is 1. The lowest BCUT2D eigenvalue weighted by atomic mass is 9.97. The number of nitrogens with zero attached hydrogens (tertiary/aromatic N) is 2. The Labute approximate surface area is 153 Å². The summed E-state index contributed by atoms with van der Waals surface area (Å²) in [6.07, 6.45) is 1.97. The van der Waals surface area contributed by atoms with Crippen LogP contribution in [0.15, 0.2) is 27.4 Å². The molecule has 1 fully saturated rings. The summed E-state index contributed by atoms with van der Waals surface area (Å²) in [5, 5.41) is 0.527. The minimum absolute atomic E-state index is 0.0386. The second-order valence-corrected chi connectivity index (χ2v) is 7.79. The highest BCUT2D eigenvalue weighted by molar-refractivity contribution is 5.77. The number of hydrogen-bond acceptors (Lipinski definition) is 5. The Bertz CT molecular complexity index is 858. The van der Waals surface area contributed by atoms with E-state index in [0.29, 0.717) is 42.7 Å². The minimum atomic E-state index is -0.502. The number of aromatic nitrogens is 1. The van der Waals surface area contributed by atoms with Crippen LogP contribution < -0.4 is 5.63 Å². The topological polar surface area (TPSA) is 72.6 Å². The lowest BCUT2D eigenvalue weighted by Crippen LogP contribution is -2.41. The molecule has 0 unspecified atom stereocenters. The Kier molecular flexibility index (Phi) is 5.03. The normalized spacial score (nSPS) is 16.1. The summed E-state index contributed by atoms with van der Waals surface area (Å²) in [5.41, 5.74) is 0.917. The van der Waals surface area contributed by atoms with Crippen molar-refractivity contribution in [3.63, 3.8) is 0 Å². The average molecular weight is 358 g/mol. The lowest BCUT2D eigenvalue weighted by Gasteiger charge is -2.32. The number of likely N-dealkylation sites (tertiary alicyclic amines) is 1. The first-order valence-electron chi connectivity index (χ1n) is 9.18. The molecular formula is C20H26N2O4. The summed E-state index contributed by atoms with van der Waals surface area (Å²) >= 11 is 0. The van der Waals surface area contributed by atoms with Crippen LogP contribution >= 0.6 is 0 Å². The summed E-state index contributed by atoms with van der Waals surface area (Å²) in [4.78, 5) is 30.8. The number of carbonyl (C=O) groups is 1. The van der Waals surface area contributed by atoms with Crippen LogP contribution in [0, 0.1) is 0 Å². The van der Waals surface area contributed by atoms with Gasteiger partial charge in [0.05, 0.1) is 10.9 Å². The van der Waals surface area contributed by atoms with Gasteiger partial charge in [-0.3, -0.25) is 0 Å². The zero-order valence-corrected chi connectivity index (χ0v) is 15.9. The summed E-state index contributed by atoms with van der Waals surface area (Å²) in [6, 6.07) is 5.72. The molecule has 1 aliphatic rings. The highest BCUT2D eigenvalue weighted by Gasteiger charge is 2.29. The lowest BCUT2D eigenvalue weighted by molar-refractivity contribution is 0.0198. The smallest absolute Gasteiger partial charge is 0.410 e. The molecule has 3 rings (SSSR count). The second kappa shape index (κ2) is 7.09. The van der Waals surface area contributed by atoms with E-state index in [4.69, 9.17) is 9.15 Å². The Morgan fingerprint density at radius 2 is 2.00 bits per heavy atom. The first-order chi connectivity index (χ1) is 12.3. The van der Waals surface area contributed by atoms with E-state index in [1.165, 1.54) is 0 Å². The molecule has 1 aromatic carbocycles. The van der Waals surface area contributed by atoms with Crippen molar-refractivity contribution in [2.45, 2.75) is 58.5 Å². The number of carbonyl (C=O) groups excluding carboxylic acids is 1. The van der Waals surface area contributed by atoms with Crippen LogP contribution in [0.5, 0.6) is 0 Å². The molecule has 1 aliphatic heterocycles. The Morgan fingerprint density at radius 3 is 2.62 bits per heavy atom. The summed E-state index contributed by atoms with van der Waals surface area (Å²) in [7, 11) is 0. The number of rotatable bonds is 2. The van der Waals surface area contributed by atoms with E-state index in [1.54, 1.807) is 4.90 Å².